The van der Waals surface area contributed by atoms with E-state index >= 15 is 4.39 Å². The molecule has 1 aliphatic rings. The van der Waals surface area contributed by atoms with E-state index in [2.05, 4.69) is 13.5 Å². The summed E-state index contributed by atoms with van der Waals surface area (Å²) >= 11 is 0. The van der Waals surface area contributed by atoms with E-state index in [1.807, 2.05) is 12.1 Å². The van der Waals surface area contributed by atoms with Gasteiger partial charge in [-0.2, -0.15) is 4.39 Å². The first-order valence-corrected chi connectivity index (χ1v) is 14.7. The summed E-state index contributed by atoms with van der Waals surface area (Å²) in [6, 6.07) is 15.1. The molecular formula is C35H41F3O2. The van der Waals surface area contributed by atoms with Gasteiger partial charge in [0.2, 0.25) is 5.82 Å². The van der Waals surface area contributed by atoms with E-state index in [1.165, 1.54) is 31.4 Å². The Morgan fingerprint density at radius 1 is 0.850 bits per heavy atom. The van der Waals surface area contributed by atoms with Crippen molar-refractivity contribution in [2.75, 3.05) is 13.2 Å². The first-order valence-electron chi connectivity index (χ1n) is 14.7. The summed E-state index contributed by atoms with van der Waals surface area (Å²) in [5.41, 5.74) is 2.63. The molecule has 5 heteroatoms. The number of halogens is 3. The van der Waals surface area contributed by atoms with Crippen molar-refractivity contribution in [2.24, 2.45) is 5.92 Å². The van der Waals surface area contributed by atoms with Crippen LogP contribution in [0.2, 0.25) is 0 Å². The van der Waals surface area contributed by atoms with Gasteiger partial charge in [0.1, 0.15) is 5.82 Å². The van der Waals surface area contributed by atoms with E-state index in [1.54, 1.807) is 36.4 Å². The molecule has 2 nitrogen and oxygen atoms in total. The molecule has 2 atom stereocenters. The lowest BCUT2D eigenvalue weighted by Crippen LogP contribution is -2.20. The largest absolute Gasteiger partial charge is 0.490 e. The van der Waals surface area contributed by atoms with E-state index in [-0.39, 0.29) is 23.2 Å². The molecule has 3 aromatic rings. The molecule has 1 saturated heterocycles. The van der Waals surface area contributed by atoms with Gasteiger partial charge >= 0.3 is 0 Å². The molecule has 40 heavy (non-hydrogen) atoms. The van der Waals surface area contributed by atoms with Crippen LogP contribution >= 0.6 is 0 Å². The maximum Gasteiger partial charge on any atom is 0.201 e. The smallest absolute Gasteiger partial charge is 0.201 e. The predicted octanol–water partition coefficient (Wildman–Crippen LogP) is 10.6. The summed E-state index contributed by atoms with van der Waals surface area (Å²) in [5, 5.41) is 0. The first-order chi connectivity index (χ1) is 19.5. The Morgan fingerprint density at radius 3 is 2.23 bits per heavy atom. The highest BCUT2D eigenvalue weighted by atomic mass is 19.2. The zero-order valence-electron chi connectivity index (χ0n) is 23.6. The number of hydrogen-bond donors (Lipinski definition) is 0. The number of hydrogen-bond acceptors (Lipinski definition) is 2. The maximum absolute atomic E-state index is 15.1. The van der Waals surface area contributed by atoms with Gasteiger partial charge in [-0.3, -0.25) is 0 Å². The topological polar surface area (TPSA) is 18.5 Å². The lowest BCUT2D eigenvalue weighted by molar-refractivity contribution is -0.0191. The van der Waals surface area contributed by atoms with Crippen LogP contribution < -0.4 is 4.74 Å². The normalized spacial score (nSPS) is 17.1. The fourth-order valence-electron chi connectivity index (χ4n) is 5.38. The van der Waals surface area contributed by atoms with Crippen LogP contribution in [0.25, 0.3) is 22.3 Å². The molecule has 3 aromatic carbocycles. The predicted molar refractivity (Wildman–Crippen MR) is 157 cm³/mol. The molecule has 4 rings (SSSR count). The molecule has 214 valence electrons. The van der Waals surface area contributed by atoms with Gasteiger partial charge in [0.05, 0.1) is 19.3 Å². The van der Waals surface area contributed by atoms with Crippen LogP contribution in [0.3, 0.4) is 0 Å². The Morgan fingerprint density at radius 2 is 1.55 bits per heavy atom. The van der Waals surface area contributed by atoms with Gasteiger partial charge in [-0.25, -0.2) is 8.78 Å². The van der Waals surface area contributed by atoms with E-state index in [0.29, 0.717) is 35.8 Å². The second-order valence-corrected chi connectivity index (χ2v) is 10.8. The molecule has 0 saturated carbocycles. The van der Waals surface area contributed by atoms with Crippen molar-refractivity contribution in [3.05, 3.63) is 90.3 Å². The zero-order chi connectivity index (χ0) is 28.3. The molecule has 0 amide bonds. The summed E-state index contributed by atoms with van der Waals surface area (Å²) in [4.78, 5) is 0. The quantitative estimate of drug-likeness (QED) is 0.147. The summed E-state index contributed by atoms with van der Waals surface area (Å²) in [5.74, 6) is -1.78. The molecule has 1 fully saturated rings. The molecule has 0 bridgehead atoms. The van der Waals surface area contributed by atoms with Crippen molar-refractivity contribution in [1.82, 2.24) is 0 Å². The van der Waals surface area contributed by atoms with Crippen LogP contribution in [0.15, 0.2) is 67.3 Å². The van der Waals surface area contributed by atoms with Gasteiger partial charge in [0.25, 0.3) is 0 Å². The SMILES string of the molecule is C=CCCC1CCC(c2ccc(-c3ccc(-c4ccc(OCCCCCCCC)c(F)c4F)cc3)c(F)c2)OC1. The minimum absolute atomic E-state index is 0.0668. The highest BCUT2D eigenvalue weighted by molar-refractivity contribution is 5.71. The number of benzene rings is 3. The van der Waals surface area contributed by atoms with Crippen molar-refractivity contribution in [3.8, 4) is 28.0 Å². The van der Waals surface area contributed by atoms with Crippen molar-refractivity contribution in [1.29, 1.82) is 0 Å². The summed E-state index contributed by atoms with van der Waals surface area (Å²) in [6.45, 7) is 7.01. The third-order valence-electron chi connectivity index (χ3n) is 7.82. The molecule has 0 radical (unpaired) electrons. The van der Waals surface area contributed by atoms with Gasteiger partial charge in [-0.15, -0.1) is 6.58 Å². The van der Waals surface area contributed by atoms with Crippen LogP contribution in [0.1, 0.15) is 82.8 Å². The van der Waals surface area contributed by atoms with Gasteiger partial charge < -0.3 is 9.47 Å². The fraction of sp³-hybridized carbons (Fsp3) is 0.429. The number of ether oxygens (including phenoxy) is 2. The Hall–Kier alpha value is -3.05. The molecular weight excluding hydrogens is 509 g/mol. The van der Waals surface area contributed by atoms with Gasteiger partial charge in [-0.05, 0) is 72.9 Å². The molecule has 0 N–H and O–H groups in total. The zero-order valence-corrected chi connectivity index (χ0v) is 23.6. The van der Waals surface area contributed by atoms with E-state index in [4.69, 9.17) is 9.47 Å². The molecule has 0 spiro atoms. The Balaban J connectivity index is 1.37. The lowest BCUT2D eigenvalue weighted by Gasteiger charge is -2.29. The summed E-state index contributed by atoms with van der Waals surface area (Å²) in [7, 11) is 0. The summed E-state index contributed by atoms with van der Waals surface area (Å²) in [6.07, 6.45) is 12.4. The lowest BCUT2D eigenvalue weighted by atomic mass is 9.91. The van der Waals surface area contributed by atoms with Crippen molar-refractivity contribution in [2.45, 2.75) is 77.2 Å². The highest BCUT2D eigenvalue weighted by Crippen LogP contribution is 2.36. The standard InChI is InChI=1S/C35H41F3O2/c1-3-5-7-8-9-10-22-39-33-21-19-30(34(37)35(33)38)27-15-13-26(14-16-27)29-18-17-28(23-31(29)36)32-20-12-25(24-40-32)11-6-4-2/h4,13-19,21,23,25,32H,2-3,5-12,20,22,24H2,1H3. The van der Waals surface area contributed by atoms with Crippen LogP contribution in [0.4, 0.5) is 13.2 Å². The van der Waals surface area contributed by atoms with Crippen molar-refractivity contribution in [3.63, 3.8) is 0 Å². The van der Waals surface area contributed by atoms with Crippen LogP contribution in [-0.2, 0) is 4.74 Å². The molecule has 1 aliphatic heterocycles. The van der Waals surface area contributed by atoms with Crippen molar-refractivity contribution < 1.29 is 22.6 Å². The average Bonchev–Trinajstić information content (AvgIpc) is 2.98. The van der Waals surface area contributed by atoms with Crippen LogP contribution in [0, 0.1) is 23.4 Å². The first kappa shape index (κ1) is 29.9. The van der Waals surface area contributed by atoms with E-state index < -0.39 is 11.6 Å². The monoisotopic (exact) mass is 550 g/mol. The van der Waals surface area contributed by atoms with Gasteiger partial charge in [-0.1, -0.05) is 81.5 Å². The third-order valence-corrected chi connectivity index (χ3v) is 7.82. The maximum atomic E-state index is 15.1. The molecule has 0 aromatic heterocycles. The number of unbranched alkanes of at least 4 members (excludes halogenated alkanes) is 5. The van der Waals surface area contributed by atoms with E-state index in [9.17, 15) is 8.78 Å². The average molecular weight is 551 g/mol. The third kappa shape index (κ3) is 7.78. The minimum atomic E-state index is -0.980. The van der Waals surface area contributed by atoms with Crippen molar-refractivity contribution >= 4 is 0 Å². The number of rotatable bonds is 14. The minimum Gasteiger partial charge on any atom is -0.490 e. The molecule has 2 unspecified atom stereocenters. The Kier molecular flexibility index (Phi) is 11.3. The summed E-state index contributed by atoms with van der Waals surface area (Å²) < 4.78 is 56.3. The second kappa shape index (κ2) is 15.1. The Labute approximate surface area is 237 Å². The van der Waals surface area contributed by atoms with E-state index in [0.717, 1.165) is 50.5 Å². The second-order valence-electron chi connectivity index (χ2n) is 10.8. The molecule has 0 aliphatic carbocycles. The van der Waals surface area contributed by atoms with Gasteiger partial charge in [0, 0.05) is 11.1 Å². The number of allylic oxidation sites excluding steroid dienone is 1. The highest BCUT2D eigenvalue weighted by Gasteiger charge is 2.23. The Bertz CT molecular complexity index is 1230. The van der Waals surface area contributed by atoms with Gasteiger partial charge in [0.15, 0.2) is 11.6 Å². The molecule has 1 heterocycles. The fourth-order valence-corrected chi connectivity index (χ4v) is 5.38. The van der Waals surface area contributed by atoms with Crippen LogP contribution in [-0.4, -0.2) is 13.2 Å². The van der Waals surface area contributed by atoms with Crippen LogP contribution in [0.5, 0.6) is 5.75 Å².